The number of nitrogens with one attached hydrogen (secondary N) is 1. The summed E-state index contributed by atoms with van der Waals surface area (Å²) >= 11 is 4.60. The van der Waals surface area contributed by atoms with Crippen LogP contribution in [0.25, 0.3) is 0 Å². The number of thiophene rings is 1. The van der Waals surface area contributed by atoms with Crippen LogP contribution in [0.2, 0.25) is 0 Å². The van der Waals surface area contributed by atoms with E-state index in [1.54, 1.807) is 0 Å². The number of carbonyl (C=O) groups is 1. The number of sulfonamides is 1. The zero-order valence-electron chi connectivity index (χ0n) is 8.49. The molecule has 0 unspecified atom stereocenters. The number of primary sulfonamides is 1. The van der Waals surface area contributed by atoms with Gasteiger partial charge in [0.1, 0.15) is 4.88 Å². The first-order valence-electron chi connectivity index (χ1n) is 4.34. The second-order valence-electron chi connectivity index (χ2n) is 3.16. The molecular formula is C8H11BrN2O3S2. The largest absolute Gasteiger partial charge is 0.350 e. The molecule has 0 aliphatic carbocycles. The van der Waals surface area contributed by atoms with Gasteiger partial charge in [-0.05, 0) is 28.9 Å². The number of amides is 1. The lowest BCUT2D eigenvalue weighted by Gasteiger charge is -2.02. The highest BCUT2D eigenvalue weighted by atomic mass is 79.9. The summed E-state index contributed by atoms with van der Waals surface area (Å²) in [6.45, 7) is 1.90. The van der Waals surface area contributed by atoms with E-state index in [4.69, 9.17) is 5.14 Å². The van der Waals surface area contributed by atoms with Crippen molar-refractivity contribution in [3.8, 4) is 0 Å². The first kappa shape index (κ1) is 13.6. The molecule has 1 rings (SSSR count). The van der Waals surface area contributed by atoms with Crippen LogP contribution in [0.15, 0.2) is 10.5 Å². The summed E-state index contributed by atoms with van der Waals surface area (Å²) in [5.41, 5.74) is 0. The Morgan fingerprint density at radius 3 is 2.69 bits per heavy atom. The fraction of sp³-hybridized carbons (Fsp3) is 0.375. The number of hydrogen-bond acceptors (Lipinski definition) is 4. The Kier molecular flexibility index (Phi) is 4.48. The zero-order valence-corrected chi connectivity index (χ0v) is 11.7. The molecule has 16 heavy (non-hydrogen) atoms. The van der Waals surface area contributed by atoms with Gasteiger partial charge in [-0.2, -0.15) is 0 Å². The van der Waals surface area contributed by atoms with E-state index in [1.165, 1.54) is 11.3 Å². The normalized spacial score (nSPS) is 11.4. The van der Waals surface area contributed by atoms with Crippen LogP contribution in [0.1, 0.15) is 14.5 Å². The maximum atomic E-state index is 11.6. The van der Waals surface area contributed by atoms with Gasteiger partial charge in [-0.1, -0.05) is 0 Å². The summed E-state index contributed by atoms with van der Waals surface area (Å²) in [5, 5.41) is 7.30. The van der Waals surface area contributed by atoms with Crippen LogP contribution in [0.4, 0.5) is 0 Å². The predicted octanol–water partition coefficient (Wildman–Crippen LogP) is 0.837. The molecule has 5 nitrogen and oxygen atoms in total. The minimum absolute atomic E-state index is 0.0149. The van der Waals surface area contributed by atoms with E-state index in [0.717, 1.165) is 4.88 Å². The minimum atomic E-state index is -3.53. The molecule has 0 bridgehead atoms. The minimum Gasteiger partial charge on any atom is -0.350 e. The van der Waals surface area contributed by atoms with Crippen LogP contribution in [0.5, 0.6) is 0 Å². The predicted molar refractivity (Wildman–Crippen MR) is 67.1 cm³/mol. The molecule has 1 aromatic heterocycles. The lowest BCUT2D eigenvalue weighted by atomic mass is 10.4. The monoisotopic (exact) mass is 326 g/mol. The molecular weight excluding hydrogens is 316 g/mol. The summed E-state index contributed by atoms with van der Waals surface area (Å²) in [4.78, 5) is 13.1. The Labute approximate surface area is 106 Å². The van der Waals surface area contributed by atoms with Crippen molar-refractivity contribution in [2.75, 3.05) is 12.3 Å². The Bertz CT molecular complexity index is 495. The number of hydrogen-bond donors (Lipinski definition) is 2. The van der Waals surface area contributed by atoms with Crippen LogP contribution in [-0.4, -0.2) is 26.6 Å². The van der Waals surface area contributed by atoms with Gasteiger partial charge in [-0.15, -0.1) is 11.3 Å². The molecule has 0 aliphatic rings. The van der Waals surface area contributed by atoms with Gasteiger partial charge in [0.15, 0.2) is 0 Å². The first-order valence-corrected chi connectivity index (χ1v) is 7.66. The molecule has 90 valence electrons. The smallest absolute Gasteiger partial charge is 0.262 e. The van der Waals surface area contributed by atoms with Crippen molar-refractivity contribution in [2.24, 2.45) is 5.14 Å². The van der Waals surface area contributed by atoms with Gasteiger partial charge in [-0.3, -0.25) is 4.79 Å². The molecule has 0 spiro atoms. The van der Waals surface area contributed by atoms with Gasteiger partial charge >= 0.3 is 0 Å². The highest BCUT2D eigenvalue weighted by Gasteiger charge is 2.13. The van der Waals surface area contributed by atoms with Crippen molar-refractivity contribution in [2.45, 2.75) is 6.92 Å². The zero-order chi connectivity index (χ0) is 12.3. The van der Waals surface area contributed by atoms with Crippen molar-refractivity contribution in [1.29, 1.82) is 0 Å². The van der Waals surface area contributed by atoms with Crippen molar-refractivity contribution < 1.29 is 13.2 Å². The summed E-state index contributed by atoms with van der Waals surface area (Å²) in [6.07, 6.45) is 0. The maximum absolute atomic E-state index is 11.6. The molecule has 0 aliphatic heterocycles. The molecule has 0 saturated carbocycles. The van der Waals surface area contributed by atoms with Crippen LogP contribution >= 0.6 is 27.3 Å². The fourth-order valence-electron chi connectivity index (χ4n) is 1.03. The van der Waals surface area contributed by atoms with Gasteiger partial charge in [-0.25, -0.2) is 13.6 Å². The van der Waals surface area contributed by atoms with Crippen molar-refractivity contribution >= 4 is 43.2 Å². The number of nitrogens with two attached hydrogens (primary N) is 1. The van der Waals surface area contributed by atoms with Crippen LogP contribution in [0.3, 0.4) is 0 Å². The Hall–Kier alpha value is -0.440. The first-order chi connectivity index (χ1) is 7.29. The molecule has 0 atom stereocenters. The Morgan fingerprint density at radius 2 is 2.25 bits per heavy atom. The third kappa shape index (κ3) is 4.20. The van der Waals surface area contributed by atoms with Gasteiger partial charge in [0, 0.05) is 15.9 Å². The van der Waals surface area contributed by atoms with Crippen LogP contribution in [-0.2, 0) is 10.0 Å². The second-order valence-corrected chi connectivity index (χ2v) is 7.00. The number of carbonyl (C=O) groups excluding carboxylic acids is 1. The highest BCUT2D eigenvalue weighted by Crippen LogP contribution is 2.26. The molecule has 3 N–H and O–H groups in total. The van der Waals surface area contributed by atoms with Crippen molar-refractivity contribution in [3.05, 3.63) is 20.3 Å². The van der Waals surface area contributed by atoms with Crippen LogP contribution < -0.4 is 10.5 Å². The molecule has 1 heterocycles. The maximum Gasteiger partial charge on any atom is 0.262 e. The van der Waals surface area contributed by atoms with E-state index in [-0.39, 0.29) is 18.2 Å². The van der Waals surface area contributed by atoms with Gasteiger partial charge in [0.05, 0.1) is 5.75 Å². The molecule has 0 radical (unpaired) electrons. The summed E-state index contributed by atoms with van der Waals surface area (Å²) < 4.78 is 22.0. The summed E-state index contributed by atoms with van der Waals surface area (Å²) in [6, 6.07) is 1.83. The molecule has 1 amide bonds. The van der Waals surface area contributed by atoms with Gasteiger partial charge in [0.2, 0.25) is 10.0 Å². The Morgan fingerprint density at radius 1 is 1.62 bits per heavy atom. The average molecular weight is 327 g/mol. The number of halogens is 1. The molecule has 0 fully saturated rings. The molecule has 1 aromatic rings. The molecule has 8 heteroatoms. The standard InChI is InChI=1S/C8H11BrN2O3S2/c1-5-4-6(9)7(15-5)8(12)11-2-3-16(10,13)14/h4H,2-3H2,1H3,(H,11,12)(H2,10,13,14). The van der Waals surface area contributed by atoms with E-state index >= 15 is 0 Å². The topological polar surface area (TPSA) is 89.3 Å². The third-order valence-electron chi connectivity index (χ3n) is 1.69. The van der Waals surface area contributed by atoms with Crippen molar-refractivity contribution in [3.63, 3.8) is 0 Å². The second kappa shape index (κ2) is 5.26. The number of aryl methyl sites for hydroxylation is 1. The SMILES string of the molecule is Cc1cc(Br)c(C(=O)NCCS(N)(=O)=O)s1. The number of rotatable bonds is 4. The lowest BCUT2D eigenvalue weighted by Crippen LogP contribution is -2.31. The van der Waals surface area contributed by atoms with E-state index in [1.807, 2.05) is 13.0 Å². The summed E-state index contributed by atoms with van der Waals surface area (Å²) in [5.74, 6) is -0.561. The van der Waals surface area contributed by atoms with Crippen LogP contribution in [0, 0.1) is 6.92 Å². The quantitative estimate of drug-likeness (QED) is 0.859. The lowest BCUT2D eigenvalue weighted by molar-refractivity contribution is 0.0959. The molecule has 0 aromatic carbocycles. The van der Waals surface area contributed by atoms with E-state index < -0.39 is 10.0 Å². The average Bonchev–Trinajstić information content (AvgIpc) is 2.43. The van der Waals surface area contributed by atoms with E-state index in [0.29, 0.717) is 9.35 Å². The third-order valence-corrected chi connectivity index (χ3v) is 4.40. The summed E-state index contributed by atoms with van der Waals surface area (Å²) in [7, 11) is -3.53. The molecule has 0 saturated heterocycles. The van der Waals surface area contributed by atoms with Crippen molar-refractivity contribution in [1.82, 2.24) is 5.32 Å². The highest BCUT2D eigenvalue weighted by molar-refractivity contribution is 9.10. The fourth-order valence-corrected chi connectivity index (χ4v) is 3.15. The van der Waals surface area contributed by atoms with Gasteiger partial charge in [0.25, 0.3) is 5.91 Å². The van der Waals surface area contributed by atoms with E-state index in [9.17, 15) is 13.2 Å². The van der Waals surface area contributed by atoms with E-state index in [2.05, 4.69) is 21.2 Å². The van der Waals surface area contributed by atoms with Gasteiger partial charge < -0.3 is 5.32 Å². The Balaban J connectivity index is 2.57.